The number of nitrogens with one attached hydrogen (secondary N) is 3. The molecule has 6 nitrogen and oxygen atoms in total. The number of hydrogen-bond donors (Lipinski definition) is 2. The molecule has 1 aromatic carbocycles. The first-order valence-electron chi connectivity index (χ1n) is 9.87. The highest BCUT2D eigenvalue weighted by Gasteiger charge is 2.34. The quantitative estimate of drug-likeness (QED) is 0.726. The summed E-state index contributed by atoms with van der Waals surface area (Å²) < 4.78 is 43.2. The third-order valence-corrected chi connectivity index (χ3v) is 5.50. The van der Waals surface area contributed by atoms with E-state index >= 15 is 0 Å². The van der Waals surface area contributed by atoms with E-state index in [-0.39, 0.29) is 11.9 Å². The zero-order chi connectivity index (χ0) is 21.7. The number of nitrogens with zero attached hydrogens (tertiary/aromatic N) is 1. The van der Waals surface area contributed by atoms with Crippen LogP contribution in [0.15, 0.2) is 42.6 Å². The van der Waals surface area contributed by atoms with Crippen molar-refractivity contribution in [3.8, 4) is 5.75 Å². The monoisotopic (exact) mass is 424 g/mol. The van der Waals surface area contributed by atoms with Crippen LogP contribution in [0, 0.1) is 0 Å². The van der Waals surface area contributed by atoms with Crippen LogP contribution in [0.4, 0.5) is 19.0 Å². The molecule has 0 radical (unpaired) electrons. The second-order valence-electron chi connectivity index (χ2n) is 7.39. The Morgan fingerprint density at radius 3 is 2.40 bits per heavy atom. The summed E-state index contributed by atoms with van der Waals surface area (Å²) >= 11 is 0. The molecule has 1 aliphatic rings. The number of ether oxygens (including phenoxy) is 1. The van der Waals surface area contributed by atoms with Gasteiger partial charge in [-0.05, 0) is 30.7 Å². The molecule has 2 aromatic rings. The van der Waals surface area contributed by atoms with Gasteiger partial charge in [-0.3, -0.25) is 9.69 Å². The van der Waals surface area contributed by atoms with E-state index in [2.05, 4.69) is 10.3 Å². The fraction of sp³-hybridized carbons (Fsp3) is 0.429. The van der Waals surface area contributed by atoms with E-state index in [0.29, 0.717) is 25.5 Å². The Bertz CT molecular complexity index is 833. The maximum Gasteiger partial charge on any atom is 0.419 e. The number of aromatic nitrogens is 1. The van der Waals surface area contributed by atoms with Crippen LogP contribution >= 0.6 is 0 Å². The molecule has 162 valence electrons. The molecule has 1 aliphatic heterocycles. The number of quaternary nitrogens is 1. The van der Waals surface area contributed by atoms with Crippen molar-refractivity contribution in [2.45, 2.75) is 25.7 Å². The summed E-state index contributed by atoms with van der Waals surface area (Å²) in [4.78, 5) is 18.4. The van der Waals surface area contributed by atoms with Crippen LogP contribution in [-0.2, 0) is 17.5 Å². The summed E-state index contributed by atoms with van der Waals surface area (Å²) in [5.74, 6) is 1.40. The van der Waals surface area contributed by atoms with Gasteiger partial charge in [-0.25, -0.2) is 4.98 Å². The number of alkyl halides is 3. The second kappa shape index (κ2) is 9.34. The Labute approximate surface area is 173 Å². The number of aromatic amines is 1. The largest absolute Gasteiger partial charge is 0.497 e. The molecule has 0 bridgehead atoms. The standard InChI is InChI=1S/C21H25F3N4O2/c1-15(20(29)26-13-16-3-6-18(30-2)7-4-16)27-9-11-28(12-10-27)19-8-5-17(14-25-19)21(22,23)24/h3-8,14-15H,9-13H2,1-2H3,(H,26,29)/p+2/t15-/m1/s1. The van der Waals surface area contributed by atoms with Gasteiger partial charge in [0.1, 0.15) is 38.1 Å². The van der Waals surface area contributed by atoms with Crippen LogP contribution in [0.3, 0.4) is 0 Å². The number of H-pyrrole nitrogens is 1. The van der Waals surface area contributed by atoms with Crippen LogP contribution in [0.5, 0.6) is 5.75 Å². The normalized spacial score (nSPS) is 16.2. The lowest BCUT2D eigenvalue weighted by Crippen LogP contribution is -3.19. The van der Waals surface area contributed by atoms with Crippen molar-refractivity contribution < 1.29 is 32.6 Å². The van der Waals surface area contributed by atoms with Gasteiger partial charge in [0.15, 0.2) is 6.04 Å². The molecule has 1 fully saturated rings. The smallest absolute Gasteiger partial charge is 0.419 e. The number of hydrogen-bond acceptors (Lipinski definition) is 3. The number of amides is 1. The van der Waals surface area contributed by atoms with Gasteiger partial charge in [0, 0.05) is 12.6 Å². The first kappa shape index (κ1) is 21.9. The zero-order valence-electron chi connectivity index (χ0n) is 17.1. The number of piperazine rings is 1. The van der Waals surface area contributed by atoms with Crippen molar-refractivity contribution in [3.63, 3.8) is 0 Å². The summed E-state index contributed by atoms with van der Waals surface area (Å²) in [6.45, 7) is 5.13. The molecule has 1 aromatic heterocycles. The lowest BCUT2D eigenvalue weighted by Gasteiger charge is -2.31. The predicted molar refractivity (Wildman–Crippen MR) is 105 cm³/mol. The van der Waals surface area contributed by atoms with Gasteiger partial charge < -0.3 is 15.0 Å². The molecule has 3 N–H and O–H groups in total. The van der Waals surface area contributed by atoms with Gasteiger partial charge in [0.05, 0.1) is 12.7 Å². The van der Waals surface area contributed by atoms with Gasteiger partial charge in [-0.1, -0.05) is 12.1 Å². The number of methoxy groups -OCH3 is 1. The highest BCUT2D eigenvalue weighted by Crippen LogP contribution is 2.28. The molecule has 1 atom stereocenters. The van der Waals surface area contributed by atoms with Gasteiger partial charge in [0.25, 0.3) is 11.7 Å². The highest BCUT2D eigenvalue weighted by molar-refractivity contribution is 5.79. The summed E-state index contributed by atoms with van der Waals surface area (Å²) in [6.07, 6.45) is -3.36. The fourth-order valence-corrected chi connectivity index (χ4v) is 3.53. The third kappa shape index (κ3) is 5.41. The van der Waals surface area contributed by atoms with E-state index < -0.39 is 11.7 Å². The Morgan fingerprint density at radius 2 is 1.87 bits per heavy atom. The van der Waals surface area contributed by atoms with Gasteiger partial charge in [-0.2, -0.15) is 13.2 Å². The Morgan fingerprint density at radius 1 is 1.20 bits per heavy atom. The number of anilines is 1. The minimum Gasteiger partial charge on any atom is -0.497 e. The summed E-state index contributed by atoms with van der Waals surface area (Å²) in [6, 6.07) is 9.87. The maximum absolute atomic E-state index is 12.7. The Hall–Kier alpha value is -2.81. The summed E-state index contributed by atoms with van der Waals surface area (Å²) in [5, 5.41) is 2.97. The average Bonchev–Trinajstić information content (AvgIpc) is 2.77. The van der Waals surface area contributed by atoms with Crippen LogP contribution in [0.2, 0.25) is 0 Å². The molecule has 0 saturated carbocycles. The van der Waals surface area contributed by atoms with Crippen molar-refractivity contribution in [2.75, 3.05) is 38.2 Å². The molecule has 2 heterocycles. The molecule has 0 unspecified atom stereocenters. The molecule has 1 amide bonds. The number of pyridine rings is 1. The second-order valence-corrected chi connectivity index (χ2v) is 7.39. The van der Waals surface area contributed by atoms with Gasteiger partial charge >= 0.3 is 6.18 Å². The van der Waals surface area contributed by atoms with E-state index in [0.717, 1.165) is 41.6 Å². The molecule has 9 heteroatoms. The maximum atomic E-state index is 12.7. The van der Waals surface area contributed by atoms with Crippen molar-refractivity contribution in [2.24, 2.45) is 0 Å². The number of carbonyl (C=O) groups is 1. The van der Waals surface area contributed by atoms with Crippen molar-refractivity contribution in [3.05, 3.63) is 53.7 Å². The van der Waals surface area contributed by atoms with E-state index in [4.69, 9.17) is 4.74 Å². The van der Waals surface area contributed by atoms with Gasteiger partial charge in [0.2, 0.25) is 0 Å². The average molecular weight is 424 g/mol. The summed E-state index contributed by atoms with van der Waals surface area (Å²) in [5.41, 5.74) is 0.298. The molecule has 1 saturated heterocycles. The van der Waals surface area contributed by atoms with E-state index in [9.17, 15) is 18.0 Å². The zero-order valence-corrected chi connectivity index (χ0v) is 17.1. The van der Waals surface area contributed by atoms with Crippen LogP contribution in [0.1, 0.15) is 18.1 Å². The van der Waals surface area contributed by atoms with Crippen molar-refractivity contribution >= 4 is 11.7 Å². The molecule has 3 rings (SSSR count). The minimum atomic E-state index is -4.35. The topological polar surface area (TPSA) is 60.1 Å². The SMILES string of the molecule is COc1ccc(CNC(=O)[C@@H](C)[NH+]2CCN(c3ccc(C(F)(F)F)c[nH+]3)CC2)cc1. The third-order valence-electron chi connectivity index (χ3n) is 5.50. The molecular formula is C21H27F3N4O2+2. The molecular weight excluding hydrogens is 397 g/mol. The van der Waals surface area contributed by atoms with Crippen LogP contribution < -0.4 is 24.8 Å². The van der Waals surface area contributed by atoms with Crippen molar-refractivity contribution in [1.29, 1.82) is 0 Å². The van der Waals surface area contributed by atoms with E-state index in [1.54, 1.807) is 7.11 Å². The molecule has 0 aliphatic carbocycles. The fourth-order valence-electron chi connectivity index (χ4n) is 3.53. The number of benzene rings is 1. The number of carbonyl (C=O) groups excluding carboxylic acids is 1. The van der Waals surface area contributed by atoms with Crippen LogP contribution in [0.25, 0.3) is 0 Å². The summed E-state index contributed by atoms with van der Waals surface area (Å²) in [7, 11) is 1.61. The Balaban J connectivity index is 1.48. The van der Waals surface area contributed by atoms with Gasteiger partial charge in [-0.15, -0.1) is 0 Å². The first-order chi connectivity index (χ1) is 14.3. The first-order valence-corrected chi connectivity index (χ1v) is 9.87. The minimum absolute atomic E-state index is 0.0182. The van der Waals surface area contributed by atoms with Crippen LogP contribution in [-0.4, -0.2) is 45.2 Å². The molecule has 0 spiro atoms. The predicted octanol–water partition coefficient (Wildman–Crippen LogP) is 0.938. The van der Waals surface area contributed by atoms with Crippen molar-refractivity contribution in [1.82, 2.24) is 5.32 Å². The molecule has 30 heavy (non-hydrogen) atoms. The lowest BCUT2D eigenvalue weighted by atomic mass is 10.2. The number of halogens is 3. The van der Waals surface area contributed by atoms with E-state index in [1.807, 2.05) is 36.1 Å². The number of rotatable bonds is 6. The highest BCUT2D eigenvalue weighted by atomic mass is 19.4. The Kier molecular flexibility index (Phi) is 6.81. The van der Waals surface area contributed by atoms with E-state index in [1.165, 1.54) is 6.07 Å². The lowest BCUT2D eigenvalue weighted by molar-refractivity contribution is -0.914.